The van der Waals surface area contributed by atoms with E-state index in [-0.39, 0.29) is 6.61 Å². The molecule has 0 aliphatic carbocycles. The number of rotatable bonds is 4. The molecule has 1 unspecified atom stereocenters. The van der Waals surface area contributed by atoms with Gasteiger partial charge in [-0.05, 0) is 12.2 Å². The third kappa shape index (κ3) is 5.71. The van der Waals surface area contributed by atoms with Crippen molar-refractivity contribution in [1.29, 1.82) is 0 Å². The van der Waals surface area contributed by atoms with Crippen LogP contribution in [0.3, 0.4) is 0 Å². The van der Waals surface area contributed by atoms with Gasteiger partial charge in [0.2, 0.25) is 0 Å². The lowest BCUT2D eigenvalue weighted by Crippen LogP contribution is -1.97. The van der Waals surface area contributed by atoms with Crippen LogP contribution in [0.4, 0.5) is 0 Å². The summed E-state index contributed by atoms with van der Waals surface area (Å²) in [5.41, 5.74) is -0.712. The second kappa shape index (κ2) is 5.96. The molecular formula is C6H10O2S. The predicted molar refractivity (Wildman–Crippen MR) is 39.0 cm³/mol. The van der Waals surface area contributed by atoms with E-state index in [1.165, 1.54) is 11.8 Å². The van der Waals surface area contributed by atoms with Crippen molar-refractivity contribution in [3.05, 3.63) is 0 Å². The normalized spacial score (nSPS) is 12.6. The number of aliphatic hydroxyl groups excluding tert-OH is 2. The molecule has 0 fully saturated rings. The Hall–Kier alpha value is -0.170. The van der Waals surface area contributed by atoms with Gasteiger partial charge in [0.15, 0.2) is 5.44 Å². The maximum Gasteiger partial charge on any atom is 0.161 e. The molecule has 0 amide bonds. The number of hydrogen-bond acceptors (Lipinski definition) is 3. The zero-order valence-electron chi connectivity index (χ0n) is 5.08. The zero-order chi connectivity index (χ0) is 7.11. The van der Waals surface area contributed by atoms with Crippen molar-refractivity contribution < 1.29 is 10.2 Å². The van der Waals surface area contributed by atoms with Crippen LogP contribution in [0.25, 0.3) is 0 Å². The van der Waals surface area contributed by atoms with Crippen LogP contribution in [0.1, 0.15) is 6.42 Å². The quantitative estimate of drug-likeness (QED) is 0.334. The van der Waals surface area contributed by atoms with Crippen molar-refractivity contribution in [3.63, 3.8) is 0 Å². The van der Waals surface area contributed by atoms with Crippen molar-refractivity contribution in [2.45, 2.75) is 11.9 Å². The summed E-state index contributed by atoms with van der Waals surface area (Å²) in [7, 11) is 0. The van der Waals surface area contributed by atoms with E-state index in [0.29, 0.717) is 12.2 Å². The second-order valence-corrected chi connectivity index (χ2v) is 2.66. The molecular weight excluding hydrogens is 136 g/mol. The fraction of sp³-hybridized carbons (Fsp3) is 0.667. The lowest BCUT2D eigenvalue weighted by atomic mass is 10.5. The summed E-state index contributed by atoms with van der Waals surface area (Å²) in [6, 6.07) is 0. The summed E-state index contributed by atoms with van der Waals surface area (Å²) in [4.78, 5) is 0. The molecule has 1 atom stereocenters. The number of aliphatic hydroxyl groups is 2. The Labute approximate surface area is 59.3 Å². The molecule has 2 nitrogen and oxygen atoms in total. The number of terminal acetylenes is 1. The number of thioether (sulfide) groups is 1. The van der Waals surface area contributed by atoms with Crippen LogP contribution < -0.4 is 0 Å². The van der Waals surface area contributed by atoms with Crippen LogP contribution in [0.2, 0.25) is 0 Å². The van der Waals surface area contributed by atoms with E-state index in [1.54, 1.807) is 0 Å². The highest BCUT2D eigenvalue weighted by Gasteiger charge is 1.95. The molecule has 52 valence electrons. The Bertz CT molecular complexity index is 97.7. The van der Waals surface area contributed by atoms with Crippen LogP contribution >= 0.6 is 11.8 Å². The van der Waals surface area contributed by atoms with Crippen LogP contribution in [-0.2, 0) is 0 Å². The van der Waals surface area contributed by atoms with Gasteiger partial charge >= 0.3 is 0 Å². The summed E-state index contributed by atoms with van der Waals surface area (Å²) >= 11 is 1.26. The minimum Gasteiger partial charge on any atom is -0.396 e. The van der Waals surface area contributed by atoms with E-state index in [9.17, 15) is 0 Å². The molecule has 0 aliphatic rings. The Morgan fingerprint density at radius 1 is 1.67 bits per heavy atom. The summed E-state index contributed by atoms with van der Waals surface area (Å²) in [6.45, 7) is 0.157. The minimum atomic E-state index is -0.712. The van der Waals surface area contributed by atoms with Crippen LogP contribution in [-0.4, -0.2) is 28.0 Å². The van der Waals surface area contributed by atoms with E-state index in [0.717, 1.165) is 0 Å². The molecule has 0 spiro atoms. The highest BCUT2D eigenvalue weighted by Crippen LogP contribution is 2.06. The molecule has 9 heavy (non-hydrogen) atoms. The van der Waals surface area contributed by atoms with E-state index in [4.69, 9.17) is 16.6 Å². The van der Waals surface area contributed by atoms with Gasteiger partial charge in [-0.2, -0.15) is 0 Å². The lowest BCUT2D eigenvalue weighted by Gasteiger charge is -1.99. The zero-order valence-corrected chi connectivity index (χ0v) is 5.90. The fourth-order valence-electron chi connectivity index (χ4n) is 0.308. The summed E-state index contributed by atoms with van der Waals surface area (Å²) in [5.74, 6) is 2.87. The van der Waals surface area contributed by atoms with Gasteiger partial charge < -0.3 is 10.2 Å². The van der Waals surface area contributed by atoms with Crippen molar-refractivity contribution in [3.8, 4) is 12.3 Å². The predicted octanol–water partition coefficient (Wildman–Crippen LogP) is 0.0536. The van der Waals surface area contributed by atoms with Gasteiger partial charge in [-0.1, -0.05) is 5.92 Å². The van der Waals surface area contributed by atoms with E-state index < -0.39 is 5.44 Å². The van der Waals surface area contributed by atoms with E-state index in [1.807, 2.05) is 0 Å². The molecule has 0 radical (unpaired) electrons. The van der Waals surface area contributed by atoms with Gasteiger partial charge in [-0.25, -0.2) is 0 Å². The Balaban J connectivity index is 2.99. The molecule has 0 heterocycles. The maximum absolute atomic E-state index is 8.73. The standard InChI is InChI=1S/C6H10O2S/c1-2-6(8)9-5-3-4-7/h1,6-8H,3-5H2. The highest BCUT2D eigenvalue weighted by atomic mass is 32.2. The van der Waals surface area contributed by atoms with Crippen molar-refractivity contribution >= 4 is 11.8 Å². The molecule has 0 aromatic heterocycles. The van der Waals surface area contributed by atoms with Gasteiger partial charge in [0.05, 0.1) is 0 Å². The second-order valence-electron chi connectivity index (χ2n) is 1.47. The molecule has 0 rings (SSSR count). The summed E-state index contributed by atoms with van der Waals surface area (Å²) < 4.78 is 0. The Morgan fingerprint density at radius 3 is 2.78 bits per heavy atom. The Morgan fingerprint density at radius 2 is 2.33 bits per heavy atom. The first-order chi connectivity index (χ1) is 4.31. The van der Waals surface area contributed by atoms with Crippen molar-refractivity contribution in [1.82, 2.24) is 0 Å². The Kier molecular flexibility index (Phi) is 5.85. The average Bonchev–Trinajstić information content (AvgIpc) is 1.89. The summed E-state index contributed by atoms with van der Waals surface area (Å²) in [5, 5.41) is 17.0. The topological polar surface area (TPSA) is 40.5 Å². The third-order valence-electron chi connectivity index (χ3n) is 0.721. The van der Waals surface area contributed by atoms with Gasteiger partial charge in [0.1, 0.15) is 0 Å². The van der Waals surface area contributed by atoms with Gasteiger partial charge in [0, 0.05) is 6.61 Å². The smallest absolute Gasteiger partial charge is 0.161 e. The molecule has 2 N–H and O–H groups in total. The van der Waals surface area contributed by atoms with Gasteiger partial charge in [0.25, 0.3) is 0 Å². The lowest BCUT2D eigenvalue weighted by molar-refractivity contribution is 0.294. The highest BCUT2D eigenvalue weighted by molar-refractivity contribution is 7.99. The molecule has 3 heteroatoms. The van der Waals surface area contributed by atoms with Gasteiger partial charge in [-0.3, -0.25) is 0 Å². The first kappa shape index (κ1) is 8.83. The van der Waals surface area contributed by atoms with Crippen molar-refractivity contribution in [2.75, 3.05) is 12.4 Å². The van der Waals surface area contributed by atoms with E-state index >= 15 is 0 Å². The van der Waals surface area contributed by atoms with Gasteiger partial charge in [-0.15, -0.1) is 18.2 Å². The van der Waals surface area contributed by atoms with Crippen molar-refractivity contribution in [2.24, 2.45) is 0 Å². The molecule has 0 saturated heterocycles. The van der Waals surface area contributed by atoms with Crippen LogP contribution in [0.5, 0.6) is 0 Å². The monoisotopic (exact) mass is 146 g/mol. The number of hydrogen-bond donors (Lipinski definition) is 2. The fourth-order valence-corrected chi connectivity index (χ4v) is 0.923. The molecule has 0 aliphatic heterocycles. The van der Waals surface area contributed by atoms with Crippen LogP contribution in [0.15, 0.2) is 0 Å². The SMILES string of the molecule is C#CC(O)SCCCO. The third-order valence-corrected chi connectivity index (χ3v) is 1.70. The molecule has 0 bridgehead atoms. The summed E-state index contributed by atoms with van der Waals surface area (Å²) in [6.07, 6.45) is 5.55. The largest absolute Gasteiger partial charge is 0.396 e. The van der Waals surface area contributed by atoms with E-state index in [2.05, 4.69) is 5.92 Å². The first-order valence-corrected chi connectivity index (χ1v) is 3.72. The molecule has 0 aromatic rings. The first-order valence-electron chi connectivity index (χ1n) is 2.68. The van der Waals surface area contributed by atoms with Crippen LogP contribution in [0, 0.1) is 12.3 Å². The molecule has 0 saturated carbocycles. The minimum absolute atomic E-state index is 0.157. The average molecular weight is 146 g/mol. The maximum atomic E-state index is 8.73. The molecule has 0 aromatic carbocycles.